The minimum absolute atomic E-state index is 0.00207. The second-order valence-electron chi connectivity index (χ2n) is 8.35. The number of benzene rings is 2. The topological polar surface area (TPSA) is 55.4 Å². The third kappa shape index (κ3) is 10.6. The molecule has 7 heteroatoms. The first-order chi connectivity index (χ1) is 17.0. The lowest BCUT2D eigenvalue weighted by molar-refractivity contribution is -0.186. The molecule has 2 rings (SSSR count). The molecule has 6 nitrogen and oxygen atoms in total. The minimum Gasteiger partial charge on any atom is -0.497 e. The molecule has 0 radical (unpaired) electrons. The number of hydrogen-bond donors (Lipinski definition) is 0. The molecule has 2 aromatic carbocycles. The van der Waals surface area contributed by atoms with Gasteiger partial charge in [-0.05, 0) is 69.0 Å². The maximum atomic E-state index is 13.5. The smallest absolute Gasteiger partial charge is 0.180 e. The lowest BCUT2D eigenvalue weighted by Crippen LogP contribution is -2.38. The van der Waals surface area contributed by atoms with Gasteiger partial charge in [-0.2, -0.15) is 0 Å². The van der Waals surface area contributed by atoms with E-state index in [4.69, 9.17) is 28.4 Å². The lowest BCUT2D eigenvalue weighted by atomic mass is 9.88. The van der Waals surface area contributed by atoms with Crippen molar-refractivity contribution in [1.82, 2.24) is 0 Å². The van der Waals surface area contributed by atoms with Gasteiger partial charge < -0.3 is 28.4 Å². The molecule has 0 unspecified atom stereocenters. The van der Waals surface area contributed by atoms with Gasteiger partial charge in [0.15, 0.2) is 6.29 Å². The first-order valence-corrected chi connectivity index (χ1v) is 12.3. The van der Waals surface area contributed by atoms with Gasteiger partial charge in [-0.3, -0.25) is 0 Å². The van der Waals surface area contributed by atoms with Crippen LogP contribution < -0.4 is 4.74 Å². The van der Waals surface area contributed by atoms with Gasteiger partial charge in [0.1, 0.15) is 11.6 Å². The van der Waals surface area contributed by atoms with Gasteiger partial charge in [0, 0.05) is 32.8 Å². The summed E-state index contributed by atoms with van der Waals surface area (Å²) in [6.45, 7) is 8.31. The van der Waals surface area contributed by atoms with Crippen LogP contribution in [0.4, 0.5) is 4.39 Å². The van der Waals surface area contributed by atoms with E-state index in [0.717, 1.165) is 16.9 Å². The van der Waals surface area contributed by atoms with Crippen molar-refractivity contribution < 1.29 is 32.8 Å². The Balaban J connectivity index is 2.18. The Hall–Kier alpha value is -2.03. The third-order valence-corrected chi connectivity index (χ3v) is 5.90. The molecule has 0 spiro atoms. The van der Waals surface area contributed by atoms with Gasteiger partial charge in [0.25, 0.3) is 0 Å². The largest absolute Gasteiger partial charge is 0.497 e. The van der Waals surface area contributed by atoms with Gasteiger partial charge in [0.05, 0.1) is 32.5 Å². The first kappa shape index (κ1) is 29.2. The molecule has 0 bridgehead atoms. The fraction of sp³-hybridized carbons (Fsp3) is 0.571. The highest BCUT2D eigenvalue weighted by Gasteiger charge is 2.30. The van der Waals surface area contributed by atoms with Gasteiger partial charge in [0.2, 0.25) is 0 Å². The predicted octanol–water partition coefficient (Wildman–Crippen LogP) is 5.42. The van der Waals surface area contributed by atoms with Gasteiger partial charge >= 0.3 is 0 Å². The predicted molar refractivity (Wildman–Crippen MR) is 134 cm³/mol. The zero-order valence-corrected chi connectivity index (χ0v) is 21.7. The molecule has 0 aliphatic carbocycles. The third-order valence-electron chi connectivity index (χ3n) is 5.90. The van der Waals surface area contributed by atoms with E-state index in [1.807, 2.05) is 50.2 Å². The Morgan fingerprint density at radius 1 is 0.800 bits per heavy atom. The van der Waals surface area contributed by atoms with Crippen molar-refractivity contribution in [3.63, 3.8) is 0 Å². The monoisotopic (exact) mass is 492 g/mol. The number of rotatable bonds is 18. The molecule has 0 amide bonds. The summed E-state index contributed by atoms with van der Waals surface area (Å²) in [5, 5.41) is 0. The molecule has 3 atom stereocenters. The second kappa shape index (κ2) is 16.6. The van der Waals surface area contributed by atoms with Crippen molar-refractivity contribution in [3.05, 3.63) is 65.5 Å². The Morgan fingerprint density at radius 2 is 1.43 bits per heavy atom. The summed E-state index contributed by atoms with van der Waals surface area (Å²) in [5.41, 5.74) is 2.08. The quantitative estimate of drug-likeness (QED) is 0.259. The average molecular weight is 493 g/mol. The zero-order chi connectivity index (χ0) is 25.5. The highest BCUT2D eigenvalue weighted by Crippen LogP contribution is 2.25. The summed E-state index contributed by atoms with van der Waals surface area (Å²) in [4.78, 5) is 0. The molecule has 0 heterocycles. The maximum absolute atomic E-state index is 13.5. The van der Waals surface area contributed by atoms with Crippen molar-refractivity contribution >= 4 is 0 Å². The van der Waals surface area contributed by atoms with Crippen molar-refractivity contribution in [1.29, 1.82) is 0 Å². The van der Waals surface area contributed by atoms with Crippen LogP contribution in [0.2, 0.25) is 0 Å². The zero-order valence-electron chi connectivity index (χ0n) is 21.7. The van der Waals surface area contributed by atoms with E-state index >= 15 is 0 Å². The fourth-order valence-corrected chi connectivity index (χ4v) is 3.94. The van der Waals surface area contributed by atoms with Crippen molar-refractivity contribution in [2.45, 2.75) is 58.7 Å². The van der Waals surface area contributed by atoms with Crippen LogP contribution in [0.15, 0.2) is 48.5 Å². The number of hydrogen-bond acceptors (Lipinski definition) is 6. The molecular formula is C28H41FO6. The molecule has 196 valence electrons. The number of ether oxygens (including phenoxy) is 6. The van der Waals surface area contributed by atoms with E-state index in [-0.39, 0.29) is 23.9 Å². The van der Waals surface area contributed by atoms with E-state index in [9.17, 15) is 4.39 Å². The van der Waals surface area contributed by atoms with Crippen LogP contribution in [0, 0.1) is 11.7 Å². The molecule has 35 heavy (non-hydrogen) atoms. The van der Waals surface area contributed by atoms with Gasteiger partial charge in [-0.15, -0.1) is 0 Å². The van der Waals surface area contributed by atoms with Crippen LogP contribution in [0.5, 0.6) is 5.75 Å². The lowest BCUT2D eigenvalue weighted by Gasteiger charge is -2.33. The second-order valence-corrected chi connectivity index (χ2v) is 8.35. The number of halogens is 1. The fourth-order valence-electron chi connectivity index (χ4n) is 3.94. The van der Waals surface area contributed by atoms with Crippen LogP contribution >= 0.6 is 0 Å². The van der Waals surface area contributed by atoms with Crippen LogP contribution in [0.1, 0.15) is 38.3 Å². The Kier molecular flexibility index (Phi) is 13.9. The minimum atomic E-state index is -0.433. The molecule has 0 saturated carbocycles. The van der Waals surface area contributed by atoms with Crippen molar-refractivity contribution in [2.24, 2.45) is 5.92 Å². The van der Waals surface area contributed by atoms with E-state index in [1.54, 1.807) is 14.2 Å². The summed E-state index contributed by atoms with van der Waals surface area (Å²) in [5.74, 6) is 0.553. The van der Waals surface area contributed by atoms with Gasteiger partial charge in [-0.1, -0.05) is 24.3 Å². The first-order valence-electron chi connectivity index (χ1n) is 12.3. The summed E-state index contributed by atoms with van der Waals surface area (Å²) < 4.78 is 48.2. The normalized spacial score (nSPS) is 14.1. The molecule has 0 aliphatic rings. The summed E-state index contributed by atoms with van der Waals surface area (Å²) in [7, 11) is 3.33. The Labute approximate surface area is 209 Å². The van der Waals surface area contributed by atoms with Crippen LogP contribution in [0.3, 0.4) is 0 Å². The highest BCUT2D eigenvalue weighted by atomic mass is 19.1. The Morgan fingerprint density at radius 3 is 2.00 bits per heavy atom. The summed E-state index contributed by atoms with van der Waals surface area (Å²) >= 11 is 0. The molecule has 0 N–H and O–H groups in total. The molecule has 2 aromatic rings. The van der Waals surface area contributed by atoms with Gasteiger partial charge in [-0.25, -0.2) is 4.39 Å². The highest BCUT2D eigenvalue weighted by molar-refractivity contribution is 5.26. The number of methoxy groups -OCH3 is 2. The van der Waals surface area contributed by atoms with Crippen molar-refractivity contribution in [3.8, 4) is 5.75 Å². The molecule has 0 aromatic heterocycles. The molecule has 0 aliphatic heterocycles. The van der Waals surface area contributed by atoms with E-state index in [1.165, 1.54) is 12.1 Å². The van der Waals surface area contributed by atoms with Crippen LogP contribution in [0.25, 0.3) is 0 Å². The van der Waals surface area contributed by atoms with Crippen molar-refractivity contribution in [2.75, 3.05) is 40.6 Å². The maximum Gasteiger partial charge on any atom is 0.180 e. The SMILES string of the molecule is CCOC(CO[C@H](CCOC)[C@H](Cc1ccc(F)cc1)[C@H](C)OCc1ccc(OC)cc1)OCC. The van der Waals surface area contributed by atoms with E-state index < -0.39 is 6.29 Å². The van der Waals surface area contributed by atoms with Crippen LogP contribution in [-0.4, -0.2) is 59.1 Å². The summed E-state index contributed by atoms with van der Waals surface area (Å²) in [6, 6.07) is 14.4. The standard InChI is InChI=1S/C28H41FO6/c1-6-32-28(33-7-2)20-35-27(16-17-30-4)26(18-22-8-12-24(29)13-9-22)21(3)34-19-23-10-14-25(31-5)15-11-23/h8-15,21,26-28H,6-7,16-20H2,1-5H3/t21-,26+,27+/m0/s1. The molecule has 0 saturated heterocycles. The molecular weight excluding hydrogens is 451 g/mol. The van der Waals surface area contributed by atoms with Crippen LogP contribution in [-0.2, 0) is 36.7 Å². The molecule has 0 fully saturated rings. The average Bonchev–Trinajstić information content (AvgIpc) is 2.88. The Bertz CT molecular complexity index is 792. The summed E-state index contributed by atoms with van der Waals surface area (Å²) in [6.07, 6.45) is 0.614. The van der Waals surface area contributed by atoms with E-state index in [0.29, 0.717) is 45.9 Å². The van der Waals surface area contributed by atoms with E-state index in [2.05, 4.69) is 6.92 Å².